The highest BCUT2D eigenvalue weighted by Crippen LogP contribution is 2.28. The predicted octanol–water partition coefficient (Wildman–Crippen LogP) is 6.89. The van der Waals surface area contributed by atoms with Crippen LogP contribution in [0.5, 0.6) is 0 Å². The predicted molar refractivity (Wildman–Crippen MR) is 165 cm³/mol. The number of aliphatic carboxylic acids is 1. The molecule has 4 N–H and O–H groups in total. The maximum Gasteiger partial charge on any atom is 0.303 e. The van der Waals surface area contributed by atoms with Crippen molar-refractivity contribution in [2.45, 2.75) is 94.8 Å². The van der Waals surface area contributed by atoms with Gasteiger partial charge in [0.2, 0.25) is 5.91 Å². The zero-order chi connectivity index (χ0) is 29.1. The molecule has 40 heavy (non-hydrogen) atoms. The molecule has 2 rings (SSSR count). The summed E-state index contributed by atoms with van der Waals surface area (Å²) in [4.78, 5) is 22.5. The quantitative estimate of drug-likeness (QED) is 0.0807. The van der Waals surface area contributed by atoms with E-state index in [4.69, 9.17) is 5.11 Å². The number of nitrogens with one attached hydrogen (secondary N) is 2. The van der Waals surface area contributed by atoms with Gasteiger partial charge in [0.05, 0.1) is 5.75 Å². The number of carbonyl (C=O) groups excluding carboxylic acids is 1. The van der Waals surface area contributed by atoms with Crippen LogP contribution in [0, 0.1) is 0 Å². The highest BCUT2D eigenvalue weighted by molar-refractivity contribution is 7.99. The fourth-order valence-electron chi connectivity index (χ4n) is 4.70. The Bertz CT molecular complexity index is 1140. The van der Waals surface area contributed by atoms with E-state index >= 15 is 0 Å². The number of carboxylic acids is 1. The smallest absolute Gasteiger partial charge is 0.303 e. The van der Waals surface area contributed by atoms with E-state index in [9.17, 15) is 22.6 Å². The second kappa shape index (κ2) is 19.7. The van der Waals surface area contributed by atoms with Crippen LogP contribution in [0.25, 0.3) is 10.8 Å². The molecule has 0 aromatic heterocycles. The molecule has 224 valence electrons. The van der Waals surface area contributed by atoms with Gasteiger partial charge >= 0.3 is 5.97 Å². The zero-order valence-electron chi connectivity index (χ0n) is 23.5. The Balaban J connectivity index is 1.42. The third-order valence-electron chi connectivity index (χ3n) is 6.84. The van der Waals surface area contributed by atoms with Gasteiger partial charge in [0.25, 0.3) is 10.1 Å². The van der Waals surface area contributed by atoms with E-state index in [1.165, 1.54) is 63.9 Å². The van der Waals surface area contributed by atoms with Crippen LogP contribution in [-0.2, 0) is 19.7 Å². The summed E-state index contributed by atoms with van der Waals surface area (Å²) in [5, 5.41) is 15.9. The number of amides is 1. The third-order valence-corrected chi connectivity index (χ3v) is 8.79. The maximum atomic E-state index is 12.1. The van der Waals surface area contributed by atoms with Crippen LogP contribution in [0.15, 0.2) is 41.3 Å². The molecule has 0 bridgehead atoms. The molecule has 2 aromatic rings. The molecule has 0 aliphatic rings. The third kappa shape index (κ3) is 14.4. The molecule has 0 aliphatic heterocycles. The minimum absolute atomic E-state index is 0.0126. The molecule has 0 heterocycles. The summed E-state index contributed by atoms with van der Waals surface area (Å²) in [5.74, 6) is 0.764. The average molecular weight is 595 g/mol. The molecule has 0 aliphatic carbocycles. The lowest BCUT2D eigenvalue weighted by atomic mass is 10.0. The minimum Gasteiger partial charge on any atom is -0.481 e. The van der Waals surface area contributed by atoms with Crippen LogP contribution in [-0.4, -0.2) is 54.5 Å². The van der Waals surface area contributed by atoms with E-state index in [1.54, 1.807) is 36.0 Å². The summed E-state index contributed by atoms with van der Waals surface area (Å²) in [5.41, 5.74) is 0.744. The number of hydrogen-bond acceptors (Lipinski definition) is 6. The number of fused-ring (bicyclic) bond motifs is 1. The number of anilines is 1. The lowest BCUT2D eigenvalue weighted by Crippen LogP contribution is -2.30. The van der Waals surface area contributed by atoms with Gasteiger partial charge in [-0.25, -0.2) is 0 Å². The van der Waals surface area contributed by atoms with E-state index in [-0.39, 0.29) is 10.8 Å². The molecular formula is C30H46N2O6S2. The Morgan fingerprint density at radius 3 is 1.88 bits per heavy atom. The first-order valence-corrected chi connectivity index (χ1v) is 17.2. The van der Waals surface area contributed by atoms with E-state index < -0.39 is 16.1 Å². The summed E-state index contributed by atoms with van der Waals surface area (Å²) in [6, 6.07) is 9.99. The van der Waals surface area contributed by atoms with E-state index in [2.05, 4.69) is 10.6 Å². The molecule has 0 atom stereocenters. The molecule has 2 aromatic carbocycles. The van der Waals surface area contributed by atoms with E-state index in [0.717, 1.165) is 37.1 Å². The topological polar surface area (TPSA) is 133 Å². The maximum absolute atomic E-state index is 12.1. The molecule has 1 amide bonds. The summed E-state index contributed by atoms with van der Waals surface area (Å²) in [6.07, 6.45) is 15.8. The number of thioether (sulfide) groups is 1. The number of carboxylic acid groups (broad SMARTS) is 1. The van der Waals surface area contributed by atoms with Crippen molar-refractivity contribution >= 4 is 50.2 Å². The molecule has 0 saturated heterocycles. The number of carbonyl (C=O) groups is 2. The van der Waals surface area contributed by atoms with Crippen molar-refractivity contribution in [3.63, 3.8) is 0 Å². The Morgan fingerprint density at radius 1 is 0.725 bits per heavy atom. The van der Waals surface area contributed by atoms with Crippen molar-refractivity contribution in [3.05, 3.63) is 36.4 Å². The first-order valence-electron chi connectivity index (χ1n) is 14.6. The number of benzene rings is 2. The lowest BCUT2D eigenvalue weighted by molar-refractivity contribution is -0.137. The Morgan fingerprint density at radius 2 is 1.27 bits per heavy atom. The van der Waals surface area contributed by atoms with Crippen LogP contribution in [0.1, 0.15) is 89.9 Å². The minimum atomic E-state index is -4.31. The van der Waals surface area contributed by atoms with Gasteiger partial charge in [0.15, 0.2) is 0 Å². The van der Waals surface area contributed by atoms with Crippen LogP contribution in [0.4, 0.5) is 5.69 Å². The SMILES string of the molecule is O=C(O)CCCCCCCCCCCCCCCSCC(=O)NCCNc1cccc2c(S(=O)(=O)O)cccc12. The second-order valence-corrected chi connectivity index (χ2v) is 12.7. The van der Waals surface area contributed by atoms with Crippen molar-refractivity contribution in [2.75, 3.05) is 29.9 Å². The van der Waals surface area contributed by atoms with Gasteiger partial charge in [-0.2, -0.15) is 20.2 Å². The van der Waals surface area contributed by atoms with Gasteiger partial charge in [0.1, 0.15) is 4.90 Å². The monoisotopic (exact) mass is 594 g/mol. The van der Waals surface area contributed by atoms with Crippen molar-refractivity contribution in [1.29, 1.82) is 0 Å². The number of hydrogen-bond donors (Lipinski definition) is 4. The molecule has 0 spiro atoms. The van der Waals surface area contributed by atoms with Gasteiger partial charge in [-0.1, -0.05) is 94.9 Å². The van der Waals surface area contributed by atoms with E-state index in [0.29, 0.717) is 36.0 Å². The summed E-state index contributed by atoms with van der Waals surface area (Å²) in [7, 11) is -4.31. The van der Waals surface area contributed by atoms with Crippen LogP contribution < -0.4 is 10.6 Å². The van der Waals surface area contributed by atoms with Gasteiger partial charge < -0.3 is 15.7 Å². The lowest BCUT2D eigenvalue weighted by Gasteiger charge is -2.12. The molecule has 0 radical (unpaired) electrons. The molecule has 8 nitrogen and oxygen atoms in total. The largest absolute Gasteiger partial charge is 0.481 e. The average Bonchev–Trinajstić information content (AvgIpc) is 2.91. The number of rotatable bonds is 23. The van der Waals surface area contributed by atoms with E-state index in [1.807, 2.05) is 6.07 Å². The normalized spacial score (nSPS) is 11.5. The Kier molecular flexibility index (Phi) is 16.7. The van der Waals surface area contributed by atoms with Gasteiger partial charge in [0, 0.05) is 36.0 Å². The van der Waals surface area contributed by atoms with Crippen LogP contribution >= 0.6 is 11.8 Å². The van der Waals surface area contributed by atoms with Gasteiger partial charge in [-0.3, -0.25) is 14.1 Å². The van der Waals surface area contributed by atoms with Gasteiger partial charge in [-0.15, -0.1) is 0 Å². The summed E-state index contributed by atoms with van der Waals surface area (Å²) < 4.78 is 32.7. The molecule has 10 heteroatoms. The molecular weight excluding hydrogens is 548 g/mol. The van der Waals surface area contributed by atoms with Crippen LogP contribution in [0.3, 0.4) is 0 Å². The number of unbranched alkanes of at least 4 members (excludes halogenated alkanes) is 12. The fourth-order valence-corrected chi connectivity index (χ4v) is 6.25. The summed E-state index contributed by atoms with van der Waals surface area (Å²) >= 11 is 1.67. The van der Waals surface area contributed by atoms with Gasteiger partial charge in [-0.05, 0) is 30.7 Å². The highest BCUT2D eigenvalue weighted by atomic mass is 32.2. The Hall–Kier alpha value is -2.30. The standard InChI is InChI=1S/C30H46N2O6S2/c33-29(24-39-23-13-11-9-7-5-3-1-2-4-6-8-10-12-20-30(34)35)32-22-21-31-27-18-14-17-26-25(27)16-15-19-28(26)40(36,37)38/h14-19,31H,1-13,20-24H2,(H,32,33)(H,34,35)(H,36,37,38). The van der Waals surface area contributed by atoms with Crippen molar-refractivity contribution in [2.24, 2.45) is 0 Å². The van der Waals surface area contributed by atoms with Crippen LogP contribution in [0.2, 0.25) is 0 Å². The molecule has 0 unspecified atom stereocenters. The van der Waals surface area contributed by atoms with Crippen molar-refractivity contribution in [1.82, 2.24) is 5.32 Å². The fraction of sp³-hybridized carbons (Fsp3) is 0.600. The zero-order valence-corrected chi connectivity index (χ0v) is 25.2. The Labute approximate surface area is 243 Å². The first-order chi connectivity index (χ1) is 19.3. The molecule has 0 fully saturated rings. The second-order valence-electron chi connectivity index (χ2n) is 10.2. The van der Waals surface area contributed by atoms with Crippen molar-refractivity contribution in [3.8, 4) is 0 Å². The first kappa shape index (κ1) is 33.9. The van der Waals surface area contributed by atoms with Crippen molar-refractivity contribution < 1.29 is 27.7 Å². The molecule has 0 saturated carbocycles. The summed E-state index contributed by atoms with van der Waals surface area (Å²) in [6.45, 7) is 0.959. The highest BCUT2D eigenvalue weighted by Gasteiger charge is 2.14.